The summed E-state index contributed by atoms with van der Waals surface area (Å²) in [4.78, 5) is 56.0. The minimum atomic E-state index is -1.67. The highest BCUT2D eigenvalue weighted by Crippen LogP contribution is 2.53. The number of hydrogen-bond acceptors (Lipinski definition) is 7. The molecule has 1 amide bonds. The van der Waals surface area contributed by atoms with Crippen molar-refractivity contribution >= 4 is 35.4 Å². The maximum Gasteiger partial charge on any atom is 0.338 e. The molecule has 0 bridgehead atoms. The molecule has 0 aromatic heterocycles. The SMILES string of the molecule is COC(=O)[C@H]1C[C@@](COC(=O)c2ccccc2)(C(=O)OC(C)(C)C)[C@@H](c2ccc(Cl)cc2)N1C(=O)c1ccccc1. The molecule has 0 radical (unpaired) electrons. The lowest BCUT2D eigenvalue weighted by Gasteiger charge is -2.38. The summed E-state index contributed by atoms with van der Waals surface area (Å²) in [5.41, 5.74) is -1.49. The molecular weight excluding hydrogens is 546 g/mol. The van der Waals surface area contributed by atoms with Gasteiger partial charge in [-0.15, -0.1) is 0 Å². The maximum absolute atomic E-state index is 14.2. The van der Waals surface area contributed by atoms with Crippen LogP contribution >= 0.6 is 11.6 Å². The standard InChI is InChI=1S/C32H32ClNO7/c1-31(2,3)41-30(38)32(20-40-28(36)23-13-9-6-10-14-23)19-25(29(37)39-4)34(27(35)22-11-7-5-8-12-22)26(32)21-15-17-24(33)18-16-21/h5-18,25-26H,19-20H2,1-4H3/t25-,26-,32+/m1/s1. The zero-order valence-electron chi connectivity index (χ0n) is 23.3. The van der Waals surface area contributed by atoms with Crippen LogP contribution in [0, 0.1) is 5.41 Å². The summed E-state index contributed by atoms with van der Waals surface area (Å²) < 4.78 is 16.8. The molecule has 1 aliphatic heterocycles. The monoisotopic (exact) mass is 577 g/mol. The molecule has 1 fully saturated rings. The second kappa shape index (κ2) is 12.1. The number of carbonyl (C=O) groups is 4. The summed E-state index contributed by atoms with van der Waals surface area (Å²) in [6.45, 7) is 4.68. The Morgan fingerprint density at radius 1 is 0.878 bits per heavy atom. The molecule has 1 heterocycles. The van der Waals surface area contributed by atoms with Gasteiger partial charge in [-0.2, -0.15) is 0 Å². The summed E-state index contributed by atoms with van der Waals surface area (Å²) in [5, 5.41) is 0.440. The van der Waals surface area contributed by atoms with Crippen molar-refractivity contribution in [1.82, 2.24) is 4.90 Å². The summed E-state index contributed by atoms with van der Waals surface area (Å²) in [7, 11) is 1.22. The topological polar surface area (TPSA) is 99.2 Å². The van der Waals surface area contributed by atoms with E-state index in [-0.39, 0.29) is 12.0 Å². The van der Waals surface area contributed by atoms with E-state index in [0.29, 0.717) is 16.1 Å². The lowest BCUT2D eigenvalue weighted by molar-refractivity contribution is -0.172. The number of amides is 1. The Morgan fingerprint density at radius 3 is 1.98 bits per heavy atom. The number of carbonyl (C=O) groups excluding carboxylic acids is 4. The Hall–Kier alpha value is -4.17. The maximum atomic E-state index is 14.2. The molecule has 4 rings (SSSR count). The van der Waals surface area contributed by atoms with E-state index in [1.54, 1.807) is 106 Å². The molecule has 3 aromatic carbocycles. The van der Waals surface area contributed by atoms with Crippen LogP contribution in [0.5, 0.6) is 0 Å². The number of benzene rings is 3. The highest BCUT2D eigenvalue weighted by Gasteiger charge is 2.63. The van der Waals surface area contributed by atoms with Crippen LogP contribution in [0.15, 0.2) is 84.9 Å². The zero-order valence-corrected chi connectivity index (χ0v) is 24.1. The molecule has 8 nitrogen and oxygen atoms in total. The number of ether oxygens (including phenoxy) is 3. The van der Waals surface area contributed by atoms with Crippen molar-refractivity contribution in [3.8, 4) is 0 Å². The van der Waals surface area contributed by atoms with Gasteiger partial charge in [0, 0.05) is 17.0 Å². The average Bonchev–Trinajstić information content (AvgIpc) is 3.32. The van der Waals surface area contributed by atoms with Crippen LogP contribution in [0.2, 0.25) is 5.02 Å². The van der Waals surface area contributed by atoms with Crippen molar-refractivity contribution in [3.05, 3.63) is 107 Å². The lowest BCUT2D eigenvalue weighted by Crippen LogP contribution is -2.47. The van der Waals surface area contributed by atoms with Crippen LogP contribution in [0.1, 0.15) is 59.5 Å². The molecule has 41 heavy (non-hydrogen) atoms. The van der Waals surface area contributed by atoms with Gasteiger partial charge in [0.25, 0.3) is 5.91 Å². The van der Waals surface area contributed by atoms with Crippen molar-refractivity contribution in [2.75, 3.05) is 13.7 Å². The fraction of sp³-hybridized carbons (Fsp3) is 0.312. The van der Waals surface area contributed by atoms with Crippen LogP contribution in [0.4, 0.5) is 0 Å². The minimum absolute atomic E-state index is 0.206. The Morgan fingerprint density at radius 2 is 1.44 bits per heavy atom. The molecule has 0 N–H and O–H groups in total. The van der Waals surface area contributed by atoms with Crippen molar-refractivity contribution in [3.63, 3.8) is 0 Å². The van der Waals surface area contributed by atoms with Gasteiger partial charge < -0.3 is 19.1 Å². The number of esters is 3. The van der Waals surface area contributed by atoms with E-state index in [1.165, 1.54) is 12.0 Å². The summed E-state index contributed by atoms with van der Waals surface area (Å²) in [6, 6.07) is 21.1. The third-order valence-corrected chi connectivity index (χ3v) is 7.14. The van der Waals surface area contributed by atoms with E-state index in [4.69, 9.17) is 25.8 Å². The van der Waals surface area contributed by atoms with Gasteiger partial charge in [0.15, 0.2) is 0 Å². The molecule has 3 atom stereocenters. The van der Waals surface area contributed by atoms with Gasteiger partial charge >= 0.3 is 17.9 Å². The fourth-order valence-electron chi connectivity index (χ4n) is 5.07. The van der Waals surface area contributed by atoms with Crippen LogP contribution in [0.3, 0.4) is 0 Å². The average molecular weight is 578 g/mol. The molecule has 3 aromatic rings. The summed E-state index contributed by atoms with van der Waals surface area (Å²) in [6.07, 6.45) is -0.206. The van der Waals surface area contributed by atoms with E-state index < -0.39 is 53.5 Å². The molecule has 0 saturated carbocycles. The third-order valence-electron chi connectivity index (χ3n) is 6.88. The summed E-state index contributed by atoms with van der Waals surface area (Å²) in [5.74, 6) is -2.59. The van der Waals surface area contributed by atoms with Crippen molar-refractivity contribution < 1.29 is 33.4 Å². The molecule has 9 heteroatoms. The van der Waals surface area contributed by atoms with Crippen LogP contribution in [-0.2, 0) is 23.8 Å². The number of nitrogens with zero attached hydrogens (tertiary/aromatic N) is 1. The summed E-state index contributed by atoms with van der Waals surface area (Å²) >= 11 is 6.19. The second-order valence-corrected chi connectivity index (χ2v) is 11.3. The van der Waals surface area contributed by atoms with E-state index in [2.05, 4.69) is 0 Å². The first-order valence-electron chi connectivity index (χ1n) is 13.1. The zero-order chi connectivity index (χ0) is 29.8. The molecule has 1 aliphatic rings. The molecular formula is C32H32ClNO7. The number of hydrogen-bond donors (Lipinski definition) is 0. The number of halogens is 1. The van der Waals surface area contributed by atoms with Gasteiger partial charge in [-0.25, -0.2) is 9.59 Å². The van der Waals surface area contributed by atoms with E-state index in [9.17, 15) is 19.2 Å². The Kier molecular flexibility index (Phi) is 8.83. The van der Waals surface area contributed by atoms with Crippen LogP contribution < -0.4 is 0 Å². The Balaban J connectivity index is 1.91. The van der Waals surface area contributed by atoms with Gasteiger partial charge in [-0.3, -0.25) is 9.59 Å². The van der Waals surface area contributed by atoms with Crippen LogP contribution in [-0.4, -0.2) is 54.1 Å². The number of rotatable bonds is 7. The molecule has 0 aliphatic carbocycles. The van der Waals surface area contributed by atoms with Crippen molar-refractivity contribution in [2.45, 2.75) is 44.9 Å². The normalized spacial score (nSPS) is 20.3. The quantitative estimate of drug-likeness (QED) is 0.264. The smallest absolute Gasteiger partial charge is 0.338 e. The first-order chi connectivity index (χ1) is 19.5. The molecule has 0 spiro atoms. The van der Waals surface area contributed by atoms with Crippen molar-refractivity contribution in [2.24, 2.45) is 5.41 Å². The Labute approximate surface area is 244 Å². The van der Waals surface area contributed by atoms with Crippen molar-refractivity contribution in [1.29, 1.82) is 0 Å². The lowest BCUT2D eigenvalue weighted by atomic mass is 9.76. The van der Waals surface area contributed by atoms with Gasteiger partial charge in [0.05, 0.1) is 18.7 Å². The van der Waals surface area contributed by atoms with Gasteiger partial charge in [0.2, 0.25) is 0 Å². The number of likely N-dealkylation sites (tertiary alicyclic amines) is 1. The van der Waals surface area contributed by atoms with Gasteiger partial charge in [-0.05, 0) is 62.7 Å². The third kappa shape index (κ3) is 6.43. The van der Waals surface area contributed by atoms with Gasteiger partial charge in [-0.1, -0.05) is 60.1 Å². The van der Waals surface area contributed by atoms with E-state index in [0.717, 1.165) is 0 Å². The second-order valence-electron chi connectivity index (χ2n) is 10.9. The highest BCUT2D eigenvalue weighted by molar-refractivity contribution is 6.30. The number of methoxy groups -OCH3 is 1. The predicted octanol–water partition coefficient (Wildman–Crippen LogP) is 5.65. The molecule has 0 unspecified atom stereocenters. The Bertz CT molecular complexity index is 1400. The minimum Gasteiger partial charge on any atom is -0.467 e. The van der Waals surface area contributed by atoms with Gasteiger partial charge in [0.1, 0.15) is 23.7 Å². The molecule has 1 saturated heterocycles. The fourth-order valence-corrected chi connectivity index (χ4v) is 5.20. The first kappa shape index (κ1) is 29.8. The van der Waals surface area contributed by atoms with E-state index in [1.807, 2.05) is 0 Å². The predicted molar refractivity (Wildman–Crippen MR) is 152 cm³/mol. The van der Waals surface area contributed by atoms with E-state index >= 15 is 0 Å². The van der Waals surface area contributed by atoms with Crippen LogP contribution in [0.25, 0.3) is 0 Å². The molecule has 214 valence electrons. The largest absolute Gasteiger partial charge is 0.467 e. The first-order valence-corrected chi connectivity index (χ1v) is 13.5. The highest BCUT2D eigenvalue weighted by atomic mass is 35.5.